The Hall–Kier alpha value is -3.78. The van der Waals surface area contributed by atoms with Crippen molar-refractivity contribution in [2.75, 3.05) is 6.61 Å². The molecule has 1 aliphatic rings. The third-order valence-corrected chi connectivity index (χ3v) is 7.91. The minimum absolute atomic E-state index is 0.0953. The number of imidazole rings is 1. The number of aromatic nitrogens is 4. The molecule has 8 nitrogen and oxygen atoms in total. The van der Waals surface area contributed by atoms with E-state index in [0.717, 1.165) is 36.1 Å². The van der Waals surface area contributed by atoms with E-state index in [4.69, 9.17) is 15.7 Å². The van der Waals surface area contributed by atoms with E-state index in [1.807, 2.05) is 12.3 Å². The van der Waals surface area contributed by atoms with E-state index >= 15 is 8.78 Å². The van der Waals surface area contributed by atoms with Gasteiger partial charge in [-0.3, -0.25) is 4.98 Å². The summed E-state index contributed by atoms with van der Waals surface area (Å²) in [6, 6.07) is 9.51. The molecule has 1 fully saturated rings. The van der Waals surface area contributed by atoms with Crippen LogP contribution in [0.4, 0.5) is 8.78 Å². The Morgan fingerprint density at radius 1 is 1.17 bits per heavy atom. The number of nitriles is 1. The predicted octanol–water partition coefficient (Wildman–Crippen LogP) is 5.03. The largest absolute Gasteiger partial charge is 0.386 e. The molecule has 0 spiro atoms. The number of fused-ring (bicyclic) bond motifs is 1. The first-order valence-corrected chi connectivity index (χ1v) is 13.8. The van der Waals surface area contributed by atoms with Crippen LogP contribution in [0.25, 0.3) is 16.8 Å². The topological polar surface area (TPSA) is 122 Å². The fourth-order valence-electron chi connectivity index (χ4n) is 5.86. The number of ether oxygens (including phenoxy) is 1. The van der Waals surface area contributed by atoms with Gasteiger partial charge in [-0.2, -0.15) is 10.4 Å². The van der Waals surface area contributed by atoms with Crippen molar-refractivity contribution in [2.45, 2.75) is 70.1 Å². The normalized spacial score (nSPS) is 21.2. The molecule has 1 aromatic carbocycles. The van der Waals surface area contributed by atoms with Crippen molar-refractivity contribution in [3.8, 4) is 17.3 Å². The van der Waals surface area contributed by atoms with Gasteiger partial charge in [0.2, 0.25) is 0 Å². The molecular weight excluding hydrogens is 526 g/mol. The summed E-state index contributed by atoms with van der Waals surface area (Å²) >= 11 is 0. The highest BCUT2D eigenvalue weighted by atomic mass is 19.1. The second kappa shape index (κ2) is 11.6. The van der Waals surface area contributed by atoms with Gasteiger partial charge >= 0.3 is 0 Å². The molecule has 0 aliphatic heterocycles. The van der Waals surface area contributed by atoms with E-state index in [-0.39, 0.29) is 40.8 Å². The molecule has 3 heterocycles. The number of rotatable bonds is 8. The van der Waals surface area contributed by atoms with Gasteiger partial charge in [0.1, 0.15) is 17.5 Å². The molecule has 214 valence electrons. The average molecular weight is 561 g/mol. The van der Waals surface area contributed by atoms with E-state index < -0.39 is 17.2 Å². The second-order valence-corrected chi connectivity index (χ2v) is 11.4. The smallest absolute Gasteiger partial charge is 0.136 e. The molecule has 3 aromatic heterocycles. The minimum atomic E-state index is -1.39. The number of aliphatic hydroxyl groups is 1. The van der Waals surface area contributed by atoms with Gasteiger partial charge < -0.3 is 15.6 Å². The van der Waals surface area contributed by atoms with E-state index in [2.05, 4.69) is 28.1 Å². The summed E-state index contributed by atoms with van der Waals surface area (Å²) in [5, 5.41) is 23.6. The first kappa shape index (κ1) is 28.7. The molecule has 0 bridgehead atoms. The fourth-order valence-corrected chi connectivity index (χ4v) is 5.86. The standard InChI is InChI=1S/C31H34F2N6O2/c1-18-11-19(12-26(35)30(18)41-10-4-8-34)23-7-9-36-16-20(23)13-28-37-17-22-5-6-27(38-39(22)28)29-24(32)14-21(15-25(29)33)31(2,3)40/h5-7,9,14-19,26,30,40H,4,10-13,35H2,1-3H3/t18-,19+,26+,30-/m0/s1. The Labute approximate surface area is 237 Å². The maximum Gasteiger partial charge on any atom is 0.136 e. The summed E-state index contributed by atoms with van der Waals surface area (Å²) in [7, 11) is 0. The van der Waals surface area contributed by atoms with Crippen LogP contribution in [-0.4, -0.2) is 43.4 Å². The summed E-state index contributed by atoms with van der Waals surface area (Å²) in [6.45, 7) is 5.45. The van der Waals surface area contributed by atoms with Gasteiger partial charge in [0.05, 0.1) is 53.8 Å². The lowest BCUT2D eigenvalue weighted by molar-refractivity contribution is -0.0199. The number of hydrogen-bond acceptors (Lipinski definition) is 7. The highest BCUT2D eigenvalue weighted by Crippen LogP contribution is 2.39. The predicted molar refractivity (Wildman–Crippen MR) is 150 cm³/mol. The Bertz CT molecular complexity index is 1560. The molecular formula is C31H34F2N6O2. The van der Waals surface area contributed by atoms with Crippen molar-refractivity contribution in [2.24, 2.45) is 11.7 Å². The van der Waals surface area contributed by atoms with Crippen LogP contribution in [-0.2, 0) is 16.8 Å². The van der Waals surface area contributed by atoms with E-state index in [1.165, 1.54) is 13.8 Å². The van der Waals surface area contributed by atoms with Crippen LogP contribution >= 0.6 is 0 Å². The number of halogens is 2. The van der Waals surface area contributed by atoms with E-state index in [1.54, 1.807) is 29.0 Å². The monoisotopic (exact) mass is 560 g/mol. The zero-order valence-electron chi connectivity index (χ0n) is 23.4. The van der Waals surface area contributed by atoms with E-state index in [9.17, 15) is 5.11 Å². The summed E-state index contributed by atoms with van der Waals surface area (Å²) in [5.41, 5.74) is 7.95. The molecule has 3 N–H and O–H groups in total. The summed E-state index contributed by atoms with van der Waals surface area (Å²) in [6.07, 6.45) is 7.55. The Morgan fingerprint density at radius 3 is 2.61 bits per heavy atom. The van der Waals surface area contributed by atoms with Crippen LogP contribution in [0.15, 0.2) is 48.9 Å². The van der Waals surface area contributed by atoms with Gasteiger partial charge in [-0.15, -0.1) is 0 Å². The first-order valence-electron chi connectivity index (χ1n) is 13.8. The van der Waals surface area contributed by atoms with Crippen LogP contribution in [0.1, 0.15) is 68.5 Å². The molecule has 5 rings (SSSR count). The molecule has 1 aliphatic carbocycles. The number of benzene rings is 1. The lowest BCUT2D eigenvalue weighted by atomic mass is 9.73. The van der Waals surface area contributed by atoms with Gasteiger partial charge in [0.25, 0.3) is 0 Å². The van der Waals surface area contributed by atoms with Gasteiger partial charge in [-0.05, 0) is 85.5 Å². The van der Waals surface area contributed by atoms with Crippen molar-refractivity contribution in [3.05, 3.63) is 83.1 Å². The van der Waals surface area contributed by atoms with Crippen LogP contribution < -0.4 is 5.73 Å². The Morgan fingerprint density at radius 2 is 1.93 bits per heavy atom. The van der Waals surface area contributed by atoms with Gasteiger partial charge in [0, 0.05) is 24.9 Å². The summed E-state index contributed by atoms with van der Waals surface area (Å²) in [4.78, 5) is 8.92. The van der Waals surface area contributed by atoms with Crippen LogP contribution in [0.3, 0.4) is 0 Å². The summed E-state index contributed by atoms with van der Waals surface area (Å²) < 4.78 is 37.7. The number of nitrogens with zero attached hydrogens (tertiary/aromatic N) is 5. The third kappa shape index (κ3) is 5.98. The van der Waals surface area contributed by atoms with Crippen molar-refractivity contribution in [1.82, 2.24) is 19.6 Å². The lowest BCUT2D eigenvalue weighted by Gasteiger charge is -2.39. The molecule has 1 saturated carbocycles. The van der Waals surface area contributed by atoms with Crippen LogP contribution in [0, 0.1) is 28.9 Å². The molecule has 4 aromatic rings. The van der Waals surface area contributed by atoms with E-state index in [0.29, 0.717) is 30.8 Å². The van der Waals surface area contributed by atoms with Crippen molar-refractivity contribution in [1.29, 1.82) is 5.26 Å². The minimum Gasteiger partial charge on any atom is -0.386 e. The average Bonchev–Trinajstić information content (AvgIpc) is 3.31. The molecule has 0 unspecified atom stereocenters. The molecule has 0 amide bonds. The number of nitrogens with two attached hydrogens (primary N) is 1. The quantitative estimate of drug-likeness (QED) is 0.290. The maximum absolute atomic E-state index is 15.1. The van der Waals surface area contributed by atoms with Gasteiger partial charge in [-0.1, -0.05) is 6.92 Å². The van der Waals surface area contributed by atoms with Crippen molar-refractivity contribution in [3.63, 3.8) is 0 Å². The summed E-state index contributed by atoms with van der Waals surface area (Å²) in [5.74, 6) is -0.588. The molecule has 41 heavy (non-hydrogen) atoms. The Kier molecular flexibility index (Phi) is 8.13. The first-order chi connectivity index (χ1) is 19.6. The molecule has 0 saturated heterocycles. The van der Waals surface area contributed by atoms with Gasteiger partial charge in [0.15, 0.2) is 0 Å². The Balaban J connectivity index is 1.43. The highest BCUT2D eigenvalue weighted by Gasteiger charge is 2.35. The fraction of sp³-hybridized carbons (Fsp3) is 0.419. The van der Waals surface area contributed by atoms with Crippen molar-refractivity contribution >= 4 is 5.52 Å². The van der Waals surface area contributed by atoms with Crippen LogP contribution in [0.2, 0.25) is 0 Å². The molecule has 0 radical (unpaired) electrons. The SMILES string of the molecule is C[C@H]1C[C@@H](c2ccncc2Cc2ncc3ccc(-c4c(F)cc(C(C)(C)O)cc4F)nn23)C[C@@H](N)[C@H]1OCCC#N. The molecule has 10 heteroatoms. The third-order valence-electron chi connectivity index (χ3n) is 7.91. The zero-order valence-corrected chi connectivity index (χ0v) is 23.4. The highest BCUT2D eigenvalue weighted by molar-refractivity contribution is 5.63. The lowest BCUT2D eigenvalue weighted by Crippen LogP contribution is -2.46. The molecule has 4 atom stereocenters. The second-order valence-electron chi connectivity index (χ2n) is 11.4. The number of pyridine rings is 1. The van der Waals surface area contributed by atoms with Gasteiger partial charge in [-0.25, -0.2) is 18.3 Å². The maximum atomic E-state index is 15.1. The number of hydrogen-bond donors (Lipinski definition) is 2. The zero-order chi connectivity index (χ0) is 29.3. The van der Waals surface area contributed by atoms with Crippen molar-refractivity contribution < 1.29 is 18.6 Å². The van der Waals surface area contributed by atoms with Crippen LogP contribution in [0.5, 0.6) is 0 Å².